The average Bonchev–Trinajstić information content (AvgIpc) is 3.24. The van der Waals surface area contributed by atoms with Gasteiger partial charge in [-0.15, -0.1) is 10.2 Å². The number of nitriles is 1. The molecular formula is C15H21N5O2S. The molecule has 8 heteroatoms. The molecule has 0 radical (unpaired) electrons. The first-order valence-corrected chi connectivity index (χ1v) is 8.93. The number of nitrogens with one attached hydrogen (secondary N) is 1. The van der Waals surface area contributed by atoms with Crippen molar-refractivity contribution in [3.05, 3.63) is 5.01 Å². The van der Waals surface area contributed by atoms with Crippen LogP contribution in [0.25, 0.3) is 0 Å². The highest BCUT2D eigenvalue weighted by atomic mass is 32.1. The minimum Gasteiger partial charge on any atom is -0.371 e. The molecule has 0 aromatic carbocycles. The molecule has 124 valence electrons. The lowest BCUT2D eigenvalue weighted by atomic mass is 9.96. The van der Waals surface area contributed by atoms with Crippen molar-refractivity contribution >= 4 is 22.4 Å². The fraction of sp³-hybridized carbons (Fsp3) is 0.733. The first-order valence-electron chi connectivity index (χ1n) is 8.11. The number of nitrogens with zero attached hydrogens (tertiary/aromatic N) is 4. The number of carbonyl (C=O) groups excluding carboxylic acids is 1. The molecule has 3 rings (SSSR count). The molecule has 1 aromatic rings. The van der Waals surface area contributed by atoms with Crippen LogP contribution in [0.4, 0.5) is 5.13 Å². The molecule has 0 bridgehead atoms. The van der Waals surface area contributed by atoms with Gasteiger partial charge in [-0.2, -0.15) is 5.26 Å². The number of rotatable bonds is 5. The Kier molecular flexibility index (Phi) is 5.54. The van der Waals surface area contributed by atoms with Gasteiger partial charge in [-0.3, -0.25) is 4.79 Å². The second-order valence-corrected chi connectivity index (χ2v) is 6.97. The summed E-state index contributed by atoms with van der Waals surface area (Å²) in [5, 5.41) is 21.1. The van der Waals surface area contributed by atoms with Gasteiger partial charge in [0.1, 0.15) is 11.1 Å². The second kappa shape index (κ2) is 7.81. The van der Waals surface area contributed by atoms with E-state index in [4.69, 9.17) is 10.00 Å². The van der Waals surface area contributed by atoms with Crippen LogP contribution in [0, 0.1) is 17.2 Å². The number of anilines is 1. The summed E-state index contributed by atoms with van der Waals surface area (Å²) in [5.74, 6) is 0.0448. The third-order valence-corrected chi connectivity index (χ3v) is 5.30. The lowest BCUT2D eigenvalue weighted by molar-refractivity contribution is -0.121. The number of piperidine rings is 1. The van der Waals surface area contributed by atoms with Gasteiger partial charge in [0.25, 0.3) is 0 Å². The lowest BCUT2D eigenvalue weighted by Gasteiger charge is -2.30. The summed E-state index contributed by atoms with van der Waals surface area (Å²) in [7, 11) is 0. The van der Waals surface area contributed by atoms with Crippen molar-refractivity contribution < 1.29 is 9.53 Å². The number of amides is 1. The van der Waals surface area contributed by atoms with E-state index in [1.54, 1.807) is 0 Å². The number of aromatic nitrogens is 2. The third kappa shape index (κ3) is 4.25. The molecule has 0 spiro atoms. The maximum atomic E-state index is 12.3. The van der Waals surface area contributed by atoms with Gasteiger partial charge in [0.15, 0.2) is 0 Å². The van der Waals surface area contributed by atoms with Crippen molar-refractivity contribution in [2.75, 3.05) is 31.6 Å². The average molecular weight is 335 g/mol. The molecule has 1 amide bonds. The Bertz CT molecular complexity index is 571. The summed E-state index contributed by atoms with van der Waals surface area (Å²) >= 11 is 1.41. The molecule has 0 aliphatic carbocycles. The van der Waals surface area contributed by atoms with Crippen LogP contribution in [0.2, 0.25) is 0 Å². The SMILES string of the molecule is N#CCCN1CCC(C(=O)Nc2nnc(C3CCCO3)s2)CC1. The van der Waals surface area contributed by atoms with E-state index in [1.165, 1.54) is 11.3 Å². The Hall–Kier alpha value is -1.56. The number of likely N-dealkylation sites (tertiary alicyclic amines) is 1. The van der Waals surface area contributed by atoms with Gasteiger partial charge in [0.2, 0.25) is 11.0 Å². The van der Waals surface area contributed by atoms with E-state index in [1.807, 2.05) is 0 Å². The van der Waals surface area contributed by atoms with Crippen LogP contribution in [-0.2, 0) is 9.53 Å². The summed E-state index contributed by atoms with van der Waals surface area (Å²) in [4.78, 5) is 14.6. The first kappa shape index (κ1) is 16.3. The van der Waals surface area contributed by atoms with Crippen LogP contribution in [0.1, 0.15) is 43.2 Å². The number of ether oxygens (including phenoxy) is 1. The molecule has 1 N–H and O–H groups in total. The molecule has 2 saturated heterocycles. The Labute approximate surface area is 139 Å². The van der Waals surface area contributed by atoms with Gasteiger partial charge < -0.3 is 15.0 Å². The predicted molar refractivity (Wildman–Crippen MR) is 85.9 cm³/mol. The molecule has 23 heavy (non-hydrogen) atoms. The van der Waals surface area contributed by atoms with E-state index < -0.39 is 0 Å². The first-order chi connectivity index (χ1) is 11.3. The monoisotopic (exact) mass is 335 g/mol. The normalized spacial score (nSPS) is 22.8. The van der Waals surface area contributed by atoms with Gasteiger partial charge in [0.05, 0.1) is 6.07 Å². The van der Waals surface area contributed by atoms with Gasteiger partial charge >= 0.3 is 0 Å². The fourth-order valence-electron chi connectivity index (χ4n) is 3.02. The molecule has 1 atom stereocenters. The Morgan fingerprint density at radius 1 is 1.39 bits per heavy atom. The zero-order chi connectivity index (χ0) is 16.1. The molecular weight excluding hydrogens is 314 g/mol. The van der Waals surface area contributed by atoms with Crippen molar-refractivity contribution in [1.29, 1.82) is 5.26 Å². The standard InChI is InChI=1S/C15H21N5O2S/c16-6-2-7-20-8-4-11(5-9-20)13(21)17-15-19-18-14(23-15)12-3-1-10-22-12/h11-12H,1-5,7-10H2,(H,17,19,21). The number of hydrogen-bond donors (Lipinski definition) is 1. The van der Waals surface area contributed by atoms with Gasteiger partial charge in [-0.25, -0.2) is 0 Å². The van der Waals surface area contributed by atoms with E-state index in [0.717, 1.165) is 56.9 Å². The van der Waals surface area contributed by atoms with Crippen LogP contribution in [-0.4, -0.2) is 47.2 Å². The zero-order valence-electron chi connectivity index (χ0n) is 13.0. The predicted octanol–water partition coefficient (Wildman–Crippen LogP) is 1.95. The van der Waals surface area contributed by atoms with Crippen molar-refractivity contribution in [2.45, 2.75) is 38.2 Å². The van der Waals surface area contributed by atoms with Crippen molar-refractivity contribution in [3.8, 4) is 6.07 Å². The number of carbonyl (C=O) groups is 1. The van der Waals surface area contributed by atoms with Crippen molar-refractivity contribution in [2.24, 2.45) is 5.92 Å². The third-order valence-electron chi connectivity index (χ3n) is 4.37. The Morgan fingerprint density at radius 3 is 2.91 bits per heavy atom. The van der Waals surface area contributed by atoms with Crippen molar-refractivity contribution in [1.82, 2.24) is 15.1 Å². The number of hydrogen-bond acceptors (Lipinski definition) is 7. The smallest absolute Gasteiger partial charge is 0.229 e. The minimum absolute atomic E-state index is 0.0171. The van der Waals surface area contributed by atoms with E-state index in [9.17, 15) is 4.79 Å². The van der Waals surface area contributed by atoms with E-state index in [-0.39, 0.29) is 17.9 Å². The van der Waals surface area contributed by atoms with Crippen LogP contribution < -0.4 is 5.32 Å². The molecule has 2 aliphatic rings. The maximum Gasteiger partial charge on any atom is 0.229 e. The maximum absolute atomic E-state index is 12.3. The summed E-state index contributed by atoms with van der Waals surface area (Å²) in [6.07, 6.45) is 4.28. The zero-order valence-corrected chi connectivity index (χ0v) is 13.8. The molecule has 7 nitrogen and oxygen atoms in total. The van der Waals surface area contributed by atoms with Crippen LogP contribution >= 0.6 is 11.3 Å². The second-order valence-electron chi connectivity index (χ2n) is 5.96. The highest BCUT2D eigenvalue weighted by molar-refractivity contribution is 7.15. The van der Waals surface area contributed by atoms with Crippen LogP contribution in [0.3, 0.4) is 0 Å². The van der Waals surface area contributed by atoms with Gasteiger partial charge in [0, 0.05) is 25.5 Å². The van der Waals surface area contributed by atoms with Gasteiger partial charge in [-0.05, 0) is 38.8 Å². The molecule has 2 aliphatic heterocycles. The minimum atomic E-state index is 0.0171. The highest BCUT2D eigenvalue weighted by Gasteiger charge is 2.26. The molecule has 3 heterocycles. The van der Waals surface area contributed by atoms with Crippen molar-refractivity contribution in [3.63, 3.8) is 0 Å². The molecule has 1 unspecified atom stereocenters. The van der Waals surface area contributed by atoms with Gasteiger partial charge in [-0.1, -0.05) is 11.3 Å². The summed E-state index contributed by atoms with van der Waals surface area (Å²) < 4.78 is 5.58. The molecule has 0 saturated carbocycles. The topological polar surface area (TPSA) is 91.1 Å². The fourth-order valence-corrected chi connectivity index (χ4v) is 3.85. The summed E-state index contributed by atoms with van der Waals surface area (Å²) in [5.41, 5.74) is 0. The molecule has 1 aromatic heterocycles. The van der Waals surface area contributed by atoms with Crippen LogP contribution in [0.5, 0.6) is 0 Å². The molecule has 2 fully saturated rings. The Morgan fingerprint density at radius 2 is 2.22 bits per heavy atom. The van der Waals surface area contributed by atoms with E-state index >= 15 is 0 Å². The Balaban J connectivity index is 1.47. The lowest BCUT2D eigenvalue weighted by Crippen LogP contribution is -2.38. The highest BCUT2D eigenvalue weighted by Crippen LogP contribution is 2.32. The summed E-state index contributed by atoms with van der Waals surface area (Å²) in [6.45, 7) is 3.32. The summed E-state index contributed by atoms with van der Waals surface area (Å²) in [6, 6.07) is 2.16. The van der Waals surface area contributed by atoms with E-state index in [0.29, 0.717) is 11.6 Å². The quantitative estimate of drug-likeness (QED) is 0.884. The largest absolute Gasteiger partial charge is 0.371 e. The van der Waals surface area contributed by atoms with E-state index in [2.05, 4.69) is 26.5 Å². The van der Waals surface area contributed by atoms with Crippen LogP contribution in [0.15, 0.2) is 0 Å².